The molecule has 1 saturated heterocycles. The molecule has 170 valence electrons. The van der Waals surface area contributed by atoms with Gasteiger partial charge in [-0.25, -0.2) is 8.78 Å². The normalized spacial score (nSPS) is 20.6. The third kappa shape index (κ3) is 5.00. The number of benzene rings is 2. The van der Waals surface area contributed by atoms with Gasteiger partial charge in [0.1, 0.15) is 17.7 Å². The van der Waals surface area contributed by atoms with Crippen LogP contribution in [0.4, 0.5) is 8.78 Å². The number of nitrogens with one attached hydrogen (secondary N) is 1. The summed E-state index contributed by atoms with van der Waals surface area (Å²) < 4.78 is 27.3. The van der Waals surface area contributed by atoms with Gasteiger partial charge in [-0.2, -0.15) is 0 Å². The minimum Gasteiger partial charge on any atom is -0.378 e. The van der Waals surface area contributed by atoms with E-state index in [-0.39, 0.29) is 5.56 Å². The molecule has 0 bridgehead atoms. The Morgan fingerprint density at radius 2 is 1.75 bits per heavy atom. The van der Waals surface area contributed by atoms with Crippen LogP contribution in [0.1, 0.15) is 42.9 Å². The van der Waals surface area contributed by atoms with Crippen molar-refractivity contribution in [3.8, 4) is 0 Å². The molecule has 4 N–H and O–H groups in total. The second-order valence-electron chi connectivity index (χ2n) is 7.84. The number of aliphatic hydroxyl groups is 1. The average Bonchev–Trinajstić information content (AvgIpc) is 2.95. The molecule has 4 atom stereocenters. The maximum atomic E-state index is 13.7. The summed E-state index contributed by atoms with van der Waals surface area (Å²) in [6.07, 6.45) is -0.988. The van der Waals surface area contributed by atoms with Gasteiger partial charge in [-0.15, -0.1) is 0 Å². The van der Waals surface area contributed by atoms with Crippen molar-refractivity contribution in [3.05, 3.63) is 71.3 Å². The molecule has 2 aromatic carbocycles. The topological polar surface area (TPSA) is 113 Å². The SMILES string of the molecule is C[C@H](N)C(=O)N(C(=O)[C@H](O)c1cc(F)cc(F)c1)[C@@H]1C(=O)NCCC[C@H]1c1ccccc1. The molecule has 3 rings (SSSR count). The second-order valence-corrected chi connectivity index (χ2v) is 7.84. The van der Waals surface area contributed by atoms with Gasteiger partial charge in [-0.05, 0) is 43.0 Å². The number of hydrogen-bond donors (Lipinski definition) is 3. The molecular weight excluding hydrogens is 420 g/mol. The molecule has 0 unspecified atom stereocenters. The number of nitrogens with zero attached hydrogens (tertiary/aromatic N) is 1. The Bertz CT molecular complexity index is 980. The molecule has 0 aliphatic carbocycles. The number of rotatable bonds is 5. The summed E-state index contributed by atoms with van der Waals surface area (Å²) in [7, 11) is 0. The van der Waals surface area contributed by atoms with E-state index in [4.69, 9.17) is 5.73 Å². The Morgan fingerprint density at radius 1 is 1.12 bits per heavy atom. The van der Waals surface area contributed by atoms with Crippen LogP contribution >= 0.6 is 0 Å². The Hall–Kier alpha value is -3.17. The Morgan fingerprint density at radius 3 is 2.34 bits per heavy atom. The lowest BCUT2D eigenvalue weighted by Gasteiger charge is -2.35. The van der Waals surface area contributed by atoms with Gasteiger partial charge >= 0.3 is 0 Å². The monoisotopic (exact) mass is 445 g/mol. The van der Waals surface area contributed by atoms with Crippen molar-refractivity contribution >= 4 is 17.7 Å². The first kappa shape index (κ1) is 23.5. The second kappa shape index (κ2) is 9.97. The van der Waals surface area contributed by atoms with Crippen LogP contribution in [0.15, 0.2) is 48.5 Å². The number of carbonyl (C=O) groups excluding carboxylic acids is 3. The van der Waals surface area contributed by atoms with E-state index in [1.807, 2.05) is 0 Å². The van der Waals surface area contributed by atoms with E-state index in [2.05, 4.69) is 5.32 Å². The summed E-state index contributed by atoms with van der Waals surface area (Å²) in [6.45, 7) is 1.70. The Balaban J connectivity index is 2.08. The smallest absolute Gasteiger partial charge is 0.263 e. The zero-order valence-electron chi connectivity index (χ0n) is 17.5. The quantitative estimate of drug-likeness (QED) is 0.649. The molecule has 1 aliphatic heterocycles. The number of amides is 3. The van der Waals surface area contributed by atoms with Gasteiger partial charge in [0, 0.05) is 18.5 Å². The summed E-state index contributed by atoms with van der Waals surface area (Å²) in [6, 6.07) is 8.65. The number of nitrogens with two attached hydrogens (primary N) is 1. The third-order valence-corrected chi connectivity index (χ3v) is 5.45. The summed E-state index contributed by atoms with van der Waals surface area (Å²) in [4.78, 5) is 40.0. The predicted octanol–water partition coefficient (Wildman–Crippen LogP) is 1.76. The van der Waals surface area contributed by atoms with E-state index in [0.29, 0.717) is 30.4 Å². The van der Waals surface area contributed by atoms with E-state index in [1.165, 1.54) is 6.92 Å². The van der Waals surface area contributed by atoms with Crippen molar-refractivity contribution in [3.63, 3.8) is 0 Å². The molecule has 0 radical (unpaired) electrons. The predicted molar refractivity (Wildman–Crippen MR) is 112 cm³/mol. The summed E-state index contributed by atoms with van der Waals surface area (Å²) >= 11 is 0. The fourth-order valence-corrected chi connectivity index (χ4v) is 3.93. The number of aliphatic hydroxyl groups excluding tert-OH is 1. The van der Waals surface area contributed by atoms with Crippen LogP contribution < -0.4 is 11.1 Å². The average molecular weight is 445 g/mol. The van der Waals surface area contributed by atoms with Crippen LogP contribution in [0.3, 0.4) is 0 Å². The van der Waals surface area contributed by atoms with Crippen LogP contribution in [-0.2, 0) is 14.4 Å². The highest BCUT2D eigenvalue weighted by Crippen LogP contribution is 2.32. The van der Waals surface area contributed by atoms with Crippen molar-refractivity contribution in [1.29, 1.82) is 0 Å². The van der Waals surface area contributed by atoms with Crippen molar-refractivity contribution in [2.45, 2.75) is 43.9 Å². The van der Waals surface area contributed by atoms with E-state index in [9.17, 15) is 28.3 Å². The maximum Gasteiger partial charge on any atom is 0.263 e. The van der Waals surface area contributed by atoms with E-state index in [0.717, 1.165) is 17.7 Å². The van der Waals surface area contributed by atoms with Crippen LogP contribution in [0, 0.1) is 11.6 Å². The molecule has 0 spiro atoms. The number of halogens is 2. The molecule has 0 aromatic heterocycles. The molecule has 32 heavy (non-hydrogen) atoms. The molecule has 3 amide bonds. The zero-order valence-corrected chi connectivity index (χ0v) is 17.5. The number of imide groups is 1. The van der Waals surface area contributed by atoms with E-state index in [1.54, 1.807) is 30.3 Å². The van der Waals surface area contributed by atoms with E-state index < -0.39 is 53.5 Å². The molecule has 9 heteroatoms. The van der Waals surface area contributed by atoms with Crippen LogP contribution in [0.5, 0.6) is 0 Å². The minimum absolute atomic E-state index is 0.352. The van der Waals surface area contributed by atoms with Crippen molar-refractivity contribution in [2.75, 3.05) is 6.54 Å². The summed E-state index contributed by atoms with van der Waals surface area (Å²) in [5.74, 6) is -5.18. The molecule has 1 aliphatic rings. The van der Waals surface area contributed by atoms with Crippen LogP contribution in [0.2, 0.25) is 0 Å². The van der Waals surface area contributed by atoms with Gasteiger partial charge in [0.05, 0.1) is 6.04 Å². The van der Waals surface area contributed by atoms with Gasteiger partial charge in [0.2, 0.25) is 11.8 Å². The fourth-order valence-electron chi connectivity index (χ4n) is 3.93. The lowest BCUT2D eigenvalue weighted by molar-refractivity contribution is -0.158. The number of hydrogen-bond acceptors (Lipinski definition) is 5. The molecular formula is C23H25F2N3O4. The first-order valence-electron chi connectivity index (χ1n) is 10.3. The van der Waals surface area contributed by atoms with Gasteiger partial charge in [-0.3, -0.25) is 19.3 Å². The highest BCUT2D eigenvalue weighted by molar-refractivity contribution is 6.04. The maximum absolute atomic E-state index is 13.7. The summed E-state index contributed by atoms with van der Waals surface area (Å²) in [5.41, 5.74) is 6.12. The first-order valence-corrected chi connectivity index (χ1v) is 10.3. The lowest BCUT2D eigenvalue weighted by atomic mass is 9.86. The first-order chi connectivity index (χ1) is 15.2. The molecule has 1 heterocycles. The van der Waals surface area contributed by atoms with Gasteiger partial charge in [0.15, 0.2) is 6.10 Å². The highest BCUT2D eigenvalue weighted by atomic mass is 19.1. The molecule has 7 nitrogen and oxygen atoms in total. The van der Waals surface area contributed by atoms with Crippen LogP contribution in [-0.4, -0.2) is 46.4 Å². The van der Waals surface area contributed by atoms with Crippen molar-refractivity contribution in [2.24, 2.45) is 5.73 Å². The van der Waals surface area contributed by atoms with Gasteiger partial charge < -0.3 is 16.2 Å². The van der Waals surface area contributed by atoms with Crippen LogP contribution in [0.25, 0.3) is 0 Å². The lowest BCUT2D eigenvalue weighted by Crippen LogP contribution is -2.58. The standard InChI is InChI=1S/C23H25F2N3O4/c1-13(26)22(31)28(23(32)20(29)15-10-16(24)12-17(25)11-15)19-18(8-5-9-27-21(19)30)14-6-3-2-4-7-14/h2-4,6-7,10-13,18-20,29H,5,8-9,26H2,1H3,(H,27,30)/t13-,18-,19-,20+/m0/s1. The molecule has 0 saturated carbocycles. The zero-order chi connectivity index (χ0) is 23.4. The highest BCUT2D eigenvalue weighted by Gasteiger charge is 2.44. The largest absolute Gasteiger partial charge is 0.378 e. The fraction of sp³-hybridized carbons (Fsp3) is 0.348. The van der Waals surface area contributed by atoms with Gasteiger partial charge in [0.25, 0.3) is 5.91 Å². The van der Waals surface area contributed by atoms with Crippen molar-refractivity contribution in [1.82, 2.24) is 10.2 Å². The van der Waals surface area contributed by atoms with Crippen molar-refractivity contribution < 1.29 is 28.3 Å². The Labute approximate surface area is 184 Å². The van der Waals surface area contributed by atoms with E-state index >= 15 is 0 Å². The Kier molecular flexibility index (Phi) is 7.32. The minimum atomic E-state index is -2.07. The molecule has 2 aromatic rings. The summed E-state index contributed by atoms with van der Waals surface area (Å²) in [5, 5.41) is 13.3. The molecule has 1 fully saturated rings. The van der Waals surface area contributed by atoms with Gasteiger partial charge in [-0.1, -0.05) is 30.3 Å². The third-order valence-electron chi connectivity index (χ3n) is 5.45. The number of carbonyl (C=O) groups is 3.